The molecule has 0 spiro atoms. The van der Waals surface area contributed by atoms with Gasteiger partial charge in [0, 0.05) is 38.2 Å². The Hall–Kier alpha value is -2.19. The molecule has 0 radical (unpaired) electrons. The summed E-state index contributed by atoms with van der Waals surface area (Å²) in [5.41, 5.74) is 2.54. The number of nitrogens with one attached hydrogen (secondary N) is 2. The van der Waals surface area contributed by atoms with Gasteiger partial charge in [-0.1, -0.05) is 0 Å². The molecule has 8 heteroatoms. The van der Waals surface area contributed by atoms with Crippen molar-refractivity contribution in [2.75, 3.05) is 23.9 Å². The first kappa shape index (κ1) is 15.2. The van der Waals surface area contributed by atoms with Gasteiger partial charge in [-0.05, 0) is 19.4 Å². The molecule has 0 saturated carbocycles. The van der Waals surface area contributed by atoms with Crippen molar-refractivity contribution in [3.8, 4) is 0 Å². The number of rotatable bonds is 9. The van der Waals surface area contributed by atoms with Crippen LogP contribution in [0.3, 0.4) is 0 Å². The maximum atomic E-state index is 5.41. The van der Waals surface area contributed by atoms with Gasteiger partial charge in [0.1, 0.15) is 18.2 Å². The molecule has 0 amide bonds. The van der Waals surface area contributed by atoms with E-state index in [0.29, 0.717) is 24.9 Å². The van der Waals surface area contributed by atoms with Crippen LogP contribution in [0, 0.1) is 0 Å². The molecule has 0 aliphatic rings. The number of hydrazine groups is 1. The standard InChI is InChI=1S/C13H21N7O/c1-2-21-10-13-17-11(9-12(18-13)19-14)15-5-3-7-20-8-4-6-16-20/h4,6,8-9H,2-3,5,7,10,14H2,1H3,(H2,15,17,18,19). The van der Waals surface area contributed by atoms with Crippen LogP contribution in [0.25, 0.3) is 0 Å². The van der Waals surface area contributed by atoms with E-state index in [2.05, 4.69) is 25.8 Å². The van der Waals surface area contributed by atoms with Gasteiger partial charge in [-0.3, -0.25) is 4.68 Å². The Morgan fingerprint density at radius 2 is 2.19 bits per heavy atom. The summed E-state index contributed by atoms with van der Waals surface area (Å²) in [6.07, 6.45) is 4.66. The molecule has 4 N–H and O–H groups in total. The minimum absolute atomic E-state index is 0.369. The molecule has 8 nitrogen and oxygen atoms in total. The number of nitrogens with zero attached hydrogens (tertiary/aromatic N) is 4. The zero-order valence-electron chi connectivity index (χ0n) is 12.1. The molecule has 0 aliphatic heterocycles. The van der Waals surface area contributed by atoms with Gasteiger partial charge in [0.2, 0.25) is 0 Å². The topological polar surface area (TPSA) is 103 Å². The van der Waals surface area contributed by atoms with Gasteiger partial charge < -0.3 is 15.5 Å². The summed E-state index contributed by atoms with van der Waals surface area (Å²) in [5, 5.41) is 7.41. The third kappa shape index (κ3) is 5.01. The monoisotopic (exact) mass is 291 g/mol. The van der Waals surface area contributed by atoms with Crippen molar-refractivity contribution in [3.63, 3.8) is 0 Å². The van der Waals surface area contributed by atoms with Crippen molar-refractivity contribution < 1.29 is 4.74 Å². The number of aromatic nitrogens is 4. The average molecular weight is 291 g/mol. The van der Waals surface area contributed by atoms with Crippen LogP contribution in [0.1, 0.15) is 19.2 Å². The third-order valence-corrected chi connectivity index (χ3v) is 2.78. The Kier molecular flexibility index (Phi) is 5.92. The predicted molar refractivity (Wildman–Crippen MR) is 80.5 cm³/mol. The highest BCUT2D eigenvalue weighted by Crippen LogP contribution is 2.11. The summed E-state index contributed by atoms with van der Waals surface area (Å²) in [4.78, 5) is 8.62. The number of hydrogen-bond acceptors (Lipinski definition) is 7. The molecule has 0 fully saturated rings. The van der Waals surface area contributed by atoms with E-state index in [1.807, 2.05) is 23.9 Å². The Balaban J connectivity index is 1.85. The van der Waals surface area contributed by atoms with E-state index in [0.717, 1.165) is 25.3 Å². The van der Waals surface area contributed by atoms with E-state index >= 15 is 0 Å². The first-order valence-electron chi connectivity index (χ1n) is 6.95. The second-order valence-electron chi connectivity index (χ2n) is 4.39. The highest BCUT2D eigenvalue weighted by atomic mass is 16.5. The second kappa shape index (κ2) is 8.18. The zero-order chi connectivity index (χ0) is 14.9. The van der Waals surface area contributed by atoms with Crippen LogP contribution >= 0.6 is 0 Å². The van der Waals surface area contributed by atoms with Crippen molar-refractivity contribution in [2.24, 2.45) is 5.84 Å². The van der Waals surface area contributed by atoms with Gasteiger partial charge in [0.25, 0.3) is 0 Å². The van der Waals surface area contributed by atoms with E-state index in [1.165, 1.54) is 0 Å². The van der Waals surface area contributed by atoms with E-state index in [9.17, 15) is 0 Å². The van der Waals surface area contributed by atoms with Gasteiger partial charge in [-0.2, -0.15) is 5.10 Å². The molecule has 2 aromatic rings. The maximum absolute atomic E-state index is 5.41. The highest BCUT2D eigenvalue weighted by Gasteiger charge is 2.04. The molecule has 0 atom stereocenters. The van der Waals surface area contributed by atoms with Gasteiger partial charge >= 0.3 is 0 Å². The number of nitrogen functional groups attached to an aromatic ring is 1. The van der Waals surface area contributed by atoms with E-state index < -0.39 is 0 Å². The Bertz CT molecular complexity index is 529. The number of anilines is 2. The molecule has 0 unspecified atom stereocenters. The lowest BCUT2D eigenvalue weighted by atomic mass is 10.4. The zero-order valence-corrected chi connectivity index (χ0v) is 12.1. The summed E-state index contributed by atoms with van der Waals surface area (Å²) >= 11 is 0. The van der Waals surface area contributed by atoms with Gasteiger partial charge in [-0.15, -0.1) is 0 Å². The molecular formula is C13H21N7O. The fraction of sp³-hybridized carbons (Fsp3) is 0.462. The van der Waals surface area contributed by atoms with Crippen molar-refractivity contribution in [1.82, 2.24) is 19.7 Å². The van der Waals surface area contributed by atoms with E-state index in [4.69, 9.17) is 10.6 Å². The van der Waals surface area contributed by atoms with Crippen LogP contribution in [0.5, 0.6) is 0 Å². The molecular weight excluding hydrogens is 270 g/mol. The summed E-state index contributed by atoms with van der Waals surface area (Å²) in [7, 11) is 0. The number of hydrogen-bond donors (Lipinski definition) is 3. The van der Waals surface area contributed by atoms with Gasteiger partial charge in [0.15, 0.2) is 5.82 Å². The van der Waals surface area contributed by atoms with Crippen molar-refractivity contribution in [2.45, 2.75) is 26.5 Å². The molecule has 21 heavy (non-hydrogen) atoms. The first-order valence-corrected chi connectivity index (χ1v) is 6.95. The fourth-order valence-electron chi connectivity index (χ4n) is 1.81. The van der Waals surface area contributed by atoms with E-state index in [-0.39, 0.29) is 0 Å². The average Bonchev–Trinajstić information content (AvgIpc) is 3.02. The lowest BCUT2D eigenvalue weighted by Gasteiger charge is -2.10. The van der Waals surface area contributed by atoms with Crippen LogP contribution < -0.4 is 16.6 Å². The molecule has 0 aliphatic carbocycles. The lowest BCUT2D eigenvalue weighted by molar-refractivity contribution is 0.128. The van der Waals surface area contributed by atoms with E-state index in [1.54, 1.807) is 12.3 Å². The molecule has 0 aromatic carbocycles. The summed E-state index contributed by atoms with van der Waals surface area (Å²) in [6, 6.07) is 3.68. The second-order valence-corrected chi connectivity index (χ2v) is 4.39. The molecule has 2 heterocycles. The predicted octanol–water partition coefficient (Wildman–Crippen LogP) is 0.997. The van der Waals surface area contributed by atoms with Crippen LogP contribution in [0.4, 0.5) is 11.6 Å². The van der Waals surface area contributed by atoms with Crippen molar-refractivity contribution in [3.05, 3.63) is 30.4 Å². The largest absolute Gasteiger partial charge is 0.374 e. The maximum Gasteiger partial charge on any atom is 0.158 e. The van der Waals surface area contributed by atoms with Crippen LogP contribution in [0.15, 0.2) is 24.5 Å². The molecule has 0 bridgehead atoms. The lowest BCUT2D eigenvalue weighted by Crippen LogP contribution is -2.14. The van der Waals surface area contributed by atoms with Crippen molar-refractivity contribution in [1.29, 1.82) is 0 Å². The third-order valence-electron chi connectivity index (χ3n) is 2.78. The smallest absolute Gasteiger partial charge is 0.158 e. The molecule has 0 saturated heterocycles. The fourth-order valence-corrected chi connectivity index (χ4v) is 1.81. The minimum atomic E-state index is 0.369. The normalized spacial score (nSPS) is 10.6. The summed E-state index contributed by atoms with van der Waals surface area (Å²) in [6.45, 7) is 4.57. The number of ether oxygens (including phenoxy) is 1. The summed E-state index contributed by atoms with van der Waals surface area (Å²) < 4.78 is 7.21. The van der Waals surface area contributed by atoms with Crippen molar-refractivity contribution >= 4 is 11.6 Å². The number of aryl methyl sites for hydroxylation is 1. The summed E-state index contributed by atoms with van der Waals surface area (Å²) in [5.74, 6) is 7.31. The Morgan fingerprint density at radius 3 is 2.90 bits per heavy atom. The van der Waals surface area contributed by atoms with Gasteiger partial charge in [0.05, 0.1) is 0 Å². The van der Waals surface area contributed by atoms with Crippen LogP contribution in [-0.4, -0.2) is 32.9 Å². The Morgan fingerprint density at radius 1 is 1.33 bits per heavy atom. The molecule has 2 rings (SSSR count). The van der Waals surface area contributed by atoms with Gasteiger partial charge in [-0.25, -0.2) is 15.8 Å². The highest BCUT2D eigenvalue weighted by molar-refractivity contribution is 5.46. The Labute approximate surface area is 123 Å². The molecule has 114 valence electrons. The van der Waals surface area contributed by atoms with Crippen LogP contribution in [0.2, 0.25) is 0 Å². The minimum Gasteiger partial charge on any atom is -0.374 e. The first-order chi connectivity index (χ1) is 10.3. The van der Waals surface area contributed by atoms with Crippen LogP contribution in [-0.2, 0) is 17.9 Å². The molecule has 2 aromatic heterocycles. The number of nitrogens with two attached hydrogens (primary N) is 1. The quantitative estimate of drug-likeness (QED) is 0.360. The SMILES string of the molecule is CCOCc1nc(NN)cc(NCCCn2cccn2)n1.